The van der Waals surface area contributed by atoms with E-state index in [2.05, 4.69) is 22.2 Å². The Morgan fingerprint density at radius 2 is 2.40 bits per heavy atom. The first-order chi connectivity index (χ1) is 7.25. The summed E-state index contributed by atoms with van der Waals surface area (Å²) in [6.45, 7) is 3.05. The number of nitrogens with zero attached hydrogens (tertiary/aromatic N) is 3. The van der Waals surface area contributed by atoms with E-state index in [9.17, 15) is 0 Å². The van der Waals surface area contributed by atoms with Crippen LogP contribution in [0.5, 0.6) is 0 Å². The van der Waals surface area contributed by atoms with Gasteiger partial charge in [-0.2, -0.15) is 5.10 Å². The first-order valence-electron chi connectivity index (χ1n) is 5.37. The monoisotopic (exact) mass is 206 g/mol. The molecule has 2 N–H and O–H groups in total. The molecule has 1 aromatic rings. The zero-order chi connectivity index (χ0) is 10.7. The Morgan fingerprint density at radius 1 is 1.53 bits per heavy atom. The second-order valence-corrected chi connectivity index (χ2v) is 4.07. The highest BCUT2D eigenvalue weighted by Crippen LogP contribution is 2.12. The summed E-state index contributed by atoms with van der Waals surface area (Å²) in [5.41, 5.74) is 7.24. The summed E-state index contributed by atoms with van der Waals surface area (Å²) in [5.74, 6) is 0. The van der Waals surface area contributed by atoms with Crippen LogP contribution in [-0.4, -0.2) is 34.3 Å². The minimum atomic E-state index is 0.0743. The van der Waals surface area contributed by atoms with E-state index in [-0.39, 0.29) is 6.04 Å². The molecule has 0 radical (unpaired) electrons. The quantitative estimate of drug-likeness (QED) is 0.740. The molecule has 0 saturated heterocycles. The second-order valence-electron chi connectivity index (χ2n) is 4.07. The maximum Gasteiger partial charge on any atom is 0.0537 e. The third-order valence-corrected chi connectivity index (χ3v) is 2.75. The fourth-order valence-electron chi connectivity index (χ4n) is 1.87. The van der Waals surface area contributed by atoms with Crippen LogP contribution in [0.4, 0.5) is 0 Å². The average Bonchev–Trinajstić information content (AvgIpc) is 2.66. The van der Waals surface area contributed by atoms with E-state index >= 15 is 0 Å². The number of nitrogens with two attached hydrogens (primary N) is 1. The summed E-state index contributed by atoms with van der Waals surface area (Å²) in [4.78, 5) is 2.37. The maximum atomic E-state index is 6.12. The van der Waals surface area contributed by atoms with Crippen LogP contribution in [0.1, 0.15) is 18.0 Å². The topological polar surface area (TPSA) is 47.1 Å². The van der Waals surface area contributed by atoms with E-state index in [4.69, 9.17) is 5.73 Å². The Bertz CT molecular complexity index is 342. The van der Waals surface area contributed by atoms with Gasteiger partial charge in [-0.25, -0.2) is 0 Å². The molecule has 4 nitrogen and oxygen atoms in total. The third-order valence-electron chi connectivity index (χ3n) is 2.75. The molecule has 1 aromatic heterocycles. The molecule has 0 saturated carbocycles. The van der Waals surface area contributed by atoms with E-state index in [0.717, 1.165) is 31.6 Å². The molecular weight excluding hydrogens is 188 g/mol. The zero-order valence-electron chi connectivity index (χ0n) is 9.13. The molecule has 0 aromatic carbocycles. The van der Waals surface area contributed by atoms with E-state index in [1.54, 1.807) is 4.68 Å². The van der Waals surface area contributed by atoms with Gasteiger partial charge in [0.1, 0.15) is 0 Å². The number of aryl methyl sites for hydroxylation is 1. The molecule has 1 aliphatic rings. The average molecular weight is 206 g/mol. The van der Waals surface area contributed by atoms with Crippen molar-refractivity contribution in [1.29, 1.82) is 0 Å². The lowest BCUT2D eigenvalue weighted by molar-refractivity contribution is 0.280. The van der Waals surface area contributed by atoms with Crippen molar-refractivity contribution in [2.24, 2.45) is 12.8 Å². The number of hydrogen-bond acceptors (Lipinski definition) is 3. The number of hydrogen-bond donors (Lipinski definition) is 1. The number of aromatic nitrogens is 2. The SMILES string of the molecule is Cn1cc(C(N)CN2CC=CCC2)cn1. The molecular formula is C11H18N4. The Labute approximate surface area is 90.4 Å². The van der Waals surface area contributed by atoms with Crippen molar-refractivity contribution in [1.82, 2.24) is 14.7 Å². The van der Waals surface area contributed by atoms with Crippen LogP contribution < -0.4 is 5.73 Å². The van der Waals surface area contributed by atoms with Gasteiger partial charge in [0.05, 0.1) is 6.20 Å². The van der Waals surface area contributed by atoms with Crippen LogP contribution in [0.3, 0.4) is 0 Å². The molecule has 4 heteroatoms. The van der Waals surface area contributed by atoms with Crippen LogP contribution >= 0.6 is 0 Å². The first kappa shape index (κ1) is 10.4. The smallest absolute Gasteiger partial charge is 0.0537 e. The van der Waals surface area contributed by atoms with Gasteiger partial charge in [-0.3, -0.25) is 9.58 Å². The van der Waals surface area contributed by atoms with Crippen LogP contribution in [0, 0.1) is 0 Å². The minimum Gasteiger partial charge on any atom is -0.323 e. The first-order valence-corrected chi connectivity index (χ1v) is 5.37. The Hall–Kier alpha value is -1.13. The van der Waals surface area contributed by atoms with Gasteiger partial charge >= 0.3 is 0 Å². The molecule has 82 valence electrons. The van der Waals surface area contributed by atoms with E-state index in [1.807, 2.05) is 19.4 Å². The summed E-state index contributed by atoms with van der Waals surface area (Å²) >= 11 is 0. The predicted molar refractivity (Wildman–Crippen MR) is 60.3 cm³/mol. The van der Waals surface area contributed by atoms with Crippen molar-refractivity contribution >= 4 is 0 Å². The lowest BCUT2D eigenvalue weighted by atomic mass is 10.1. The van der Waals surface area contributed by atoms with Gasteiger partial charge in [-0.05, 0) is 6.42 Å². The van der Waals surface area contributed by atoms with Crippen molar-refractivity contribution in [3.8, 4) is 0 Å². The van der Waals surface area contributed by atoms with E-state index < -0.39 is 0 Å². The minimum absolute atomic E-state index is 0.0743. The summed E-state index contributed by atoms with van der Waals surface area (Å²) < 4.78 is 1.80. The molecule has 0 amide bonds. The molecule has 2 rings (SSSR count). The molecule has 1 aliphatic heterocycles. The Morgan fingerprint density at radius 3 is 3.00 bits per heavy atom. The second kappa shape index (κ2) is 4.59. The Kier molecular flexibility index (Phi) is 3.18. The summed E-state index contributed by atoms with van der Waals surface area (Å²) in [7, 11) is 1.92. The highest BCUT2D eigenvalue weighted by Gasteiger charge is 2.13. The summed E-state index contributed by atoms with van der Waals surface area (Å²) in [6.07, 6.45) is 9.42. The highest BCUT2D eigenvalue weighted by molar-refractivity contribution is 5.10. The van der Waals surface area contributed by atoms with Crippen molar-refractivity contribution < 1.29 is 0 Å². The van der Waals surface area contributed by atoms with Gasteiger partial charge in [0.25, 0.3) is 0 Å². The molecule has 1 unspecified atom stereocenters. The van der Waals surface area contributed by atoms with Gasteiger partial charge in [0, 0.05) is 44.5 Å². The summed E-state index contributed by atoms with van der Waals surface area (Å²) in [5, 5.41) is 4.13. The van der Waals surface area contributed by atoms with Crippen LogP contribution in [0.2, 0.25) is 0 Å². The van der Waals surface area contributed by atoms with E-state index in [1.165, 1.54) is 0 Å². The maximum absolute atomic E-state index is 6.12. The molecule has 0 aliphatic carbocycles. The van der Waals surface area contributed by atoms with Gasteiger partial charge in [0.15, 0.2) is 0 Å². The lowest BCUT2D eigenvalue weighted by Crippen LogP contribution is -2.34. The van der Waals surface area contributed by atoms with Crippen LogP contribution in [0.15, 0.2) is 24.5 Å². The van der Waals surface area contributed by atoms with Gasteiger partial charge in [-0.1, -0.05) is 12.2 Å². The summed E-state index contributed by atoms with van der Waals surface area (Å²) in [6, 6.07) is 0.0743. The van der Waals surface area contributed by atoms with E-state index in [0.29, 0.717) is 0 Å². The predicted octanol–water partition coefficient (Wildman–Crippen LogP) is 0.682. The van der Waals surface area contributed by atoms with Crippen molar-refractivity contribution in [3.05, 3.63) is 30.1 Å². The fourth-order valence-corrected chi connectivity index (χ4v) is 1.87. The lowest BCUT2D eigenvalue weighted by Gasteiger charge is -2.25. The molecule has 0 spiro atoms. The van der Waals surface area contributed by atoms with Crippen molar-refractivity contribution in [2.75, 3.05) is 19.6 Å². The van der Waals surface area contributed by atoms with Crippen molar-refractivity contribution in [2.45, 2.75) is 12.5 Å². The van der Waals surface area contributed by atoms with Gasteiger partial charge < -0.3 is 5.73 Å². The largest absolute Gasteiger partial charge is 0.323 e. The molecule has 15 heavy (non-hydrogen) atoms. The standard InChI is InChI=1S/C11H18N4/c1-14-8-10(7-13-14)11(12)9-15-5-3-2-4-6-15/h2-3,7-8,11H,4-6,9,12H2,1H3. The molecule has 0 bridgehead atoms. The normalized spacial score (nSPS) is 19.3. The molecule has 2 heterocycles. The highest BCUT2D eigenvalue weighted by atomic mass is 15.2. The van der Waals surface area contributed by atoms with Crippen LogP contribution in [-0.2, 0) is 7.05 Å². The zero-order valence-corrected chi connectivity index (χ0v) is 9.13. The Balaban J connectivity index is 1.91. The van der Waals surface area contributed by atoms with Crippen LogP contribution in [0.25, 0.3) is 0 Å². The number of rotatable bonds is 3. The molecule has 0 fully saturated rings. The third kappa shape index (κ3) is 2.67. The van der Waals surface area contributed by atoms with Crippen molar-refractivity contribution in [3.63, 3.8) is 0 Å². The van der Waals surface area contributed by atoms with Gasteiger partial charge in [0.2, 0.25) is 0 Å². The van der Waals surface area contributed by atoms with Gasteiger partial charge in [-0.15, -0.1) is 0 Å². The molecule has 1 atom stereocenters. The fraction of sp³-hybridized carbons (Fsp3) is 0.545.